The predicted octanol–water partition coefficient (Wildman–Crippen LogP) is 1.53. The molecule has 0 fully saturated rings. The van der Waals surface area contributed by atoms with Gasteiger partial charge in [0.05, 0.1) is 13.0 Å². The van der Waals surface area contributed by atoms with Crippen molar-refractivity contribution >= 4 is 5.97 Å². The maximum absolute atomic E-state index is 11.5. The van der Waals surface area contributed by atoms with Crippen molar-refractivity contribution in [1.82, 2.24) is 5.32 Å². The number of fused-ring (bicyclic) bond motifs is 1. The van der Waals surface area contributed by atoms with Gasteiger partial charge in [0.1, 0.15) is 5.75 Å². The minimum absolute atomic E-state index is 0.0510. The van der Waals surface area contributed by atoms with Crippen LogP contribution in [0.4, 0.5) is 0 Å². The van der Waals surface area contributed by atoms with Gasteiger partial charge in [-0.1, -0.05) is 12.1 Å². The fourth-order valence-electron chi connectivity index (χ4n) is 2.24. The number of rotatable bonds is 3. The zero-order chi connectivity index (χ0) is 12.3. The average molecular weight is 235 g/mol. The predicted molar refractivity (Wildman–Crippen MR) is 63.8 cm³/mol. The summed E-state index contributed by atoms with van der Waals surface area (Å²) in [6, 6.07) is 5.39. The van der Waals surface area contributed by atoms with Crippen LogP contribution >= 0.6 is 0 Å². The summed E-state index contributed by atoms with van der Waals surface area (Å²) in [5, 5.41) is 13.0. The van der Waals surface area contributed by atoms with Crippen molar-refractivity contribution < 1.29 is 14.6 Å². The molecule has 0 aliphatic carbocycles. The maximum Gasteiger partial charge on any atom is 0.307 e. The van der Waals surface area contributed by atoms with Gasteiger partial charge in [-0.05, 0) is 37.1 Å². The Labute approximate surface area is 101 Å². The highest BCUT2D eigenvalue weighted by Gasteiger charge is 2.24. The van der Waals surface area contributed by atoms with Gasteiger partial charge in [0.25, 0.3) is 0 Å². The van der Waals surface area contributed by atoms with Crippen molar-refractivity contribution in [2.24, 2.45) is 0 Å². The van der Waals surface area contributed by atoms with Crippen LogP contribution < -0.4 is 5.32 Å². The fourth-order valence-corrected chi connectivity index (χ4v) is 2.24. The molecule has 0 spiro atoms. The largest absolute Gasteiger partial charge is 0.508 e. The molecule has 2 N–H and O–H groups in total. The maximum atomic E-state index is 11.5. The van der Waals surface area contributed by atoms with Crippen LogP contribution in [0, 0.1) is 0 Å². The minimum Gasteiger partial charge on any atom is -0.508 e. The summed E-state index contributed by atoms with van der Waals surface area (Å²) in [5.41, 5.74) is 1.95. The lowest BCUT2D eigenvalue weighted by atomic mass is 9.92. The van der Waals surface area contributed by atoms with Crippen LogP contribution in [0.25, 0.3) is 0 Å². The molecular weight excluding hydrogens is 218 g/mol. The fraction of sp³-hybridized carbons (Fsp3) is 0.462. The second-order valence-corrected chi connectivity index (χ2v) is 4.11. The Morgan fingerprint density at radius 3 is 3.18 bits per heavy atom. The van der Waals surface area contributed by atoms with Crippen LogP contribution in [0.5, 0.6) is 5.75 Å². The van der Waals surface area contributed by atoms with Crippen molar-refractivity contribution in [2.75, 3.05) is 13.2 Å². The number of aromatic hydroxyl groups is 1. The van der Waals surface area contributed by atoms with Crippen LogP contribution in [0.2, 0.25) is 0 Å². The summed E-state index contributed by atoms with van der Waals surface area (Å²) in [4.78, 5) is 11.5. The van der Waals surface area contributed by atoms with E-state index in [9.17, 15) is 9.90 Å². The van der Waals surface area contributed by atoms with E-state index in [4.69, 9.17) is 4.74 Å². The van der Waals surface area contributed by atoms with Crippen molar-refractivity contribution in [2.45, 2.75) is 25.8 Å². The number of hydrogen-bond donors (Lipinski definition) is 2. The molecule has 0 saturated heterocycles. The number of phenolic OH excluding ortho intramolecular Hbond substituents is 1. The first-order chi connectivity index (χ1) is 8.22. The molecule has 0 aromatic heterocycles. The molecule has 0 bridgehead atoms. The standard InChI is InChI=1S/C13H17NO3/c1-2-17-13(16)8-11-9-4-3-5-12(15)10(9)6-7-14-11/h3-5,11,14-15H,2,6-8H2,1H3/t11-/m0/s1. The summed E-state index contributed by atoms with van der Waals surface area (Å²) in [5.74, 6) is 0.110. The second kappa shape index (κ2) is 5.19. The molecule has 17 heavy (non-hydrogen) atoms. The number of carbonyl (C=O) groups excluding carboxylic acids is 1. The Bertz CT molecular complexity index is 417. The Morgan fingerprint density at radius 2 is 2.41 bits per heavy atom. The molecule has 2 rings (SSSR count). The van der Waals surface area contributed by atoms with Gasteiger partial charge in [-0.3, -0.25) is 4.79 Å². The Balaban J connectivity index is 2.17. The van der Waals surface area contributed by atoms with E-state index < -0.39 is 0 Å². The van der Waals surface area contributed by atoms with Crippen molar-refractivity contribution in [1.29, 1.82) is 0 Å². The number of nitrogens with one attached hydrogen (secondary N) is 1. The number of hydrogen-bond acceptors (Lipinski definition) is 4. The number of benzene rings is 1. The summed E-state index contributed by atoms with van der Waals surface area (Å²) < 4.78 is 4.95. The molecule has 4 nitrogen and oxygen atoms in total. The summed E-state index contributed by atoms with van der Waals surface area (Å²) in [6.45, 7) is 2.97. The molecule has 0 unspecified atom stereocenters. The highest BCUT2D eigenvalue weighted by Crippen LogP contribution is 2.31. The molecule has 1 aromatic carbocycles. The summed E-state index contributed by atoms with van der Waals surface area (Å²) in [7, 11) is 0. The molecule has 1 aromatic rings. The van der Waals surface area contributed by atoms with Crippen LogP contribution in [0.1, 0.15) is 30.5 Å². The molecule has 1 heterocycles. The van der Waals surface area contributed by atoms with Crippen LogP contribution in [0.15, 0.2) is 18.2 Å². The second-order valence-electron chi connectivity index (χ2n) is 4.11. The Morgan fingerprint density at radius 1 is 1.59 bits per heavy atom. The smallest absolute Gasteiger partial charge is 0.307 e. The van der Waals surface area contributed by atoms with E-state index in [1.807, 2.05) is 6.07 Å². The lowest BCUT2D eigenvalue weighted by Gasteiger charge is -2.26. The first kappa shape index (κ1) is 11.9. The number of ether oxygens (including phenoxy) is 1. The number of esters is 1. The average Bonchev–Trinajstić information content (AvgIpc) is 2.31. The van der Waals surface area contributed by atoms with Gasteiger partial charge >= 0.3 is 5.97 Å². The van der Waals surface area contributed by atoms with Gasteiger partial charge in [0, 0.05) is 6.04 Å². The van der Waals surface area contributed by atoms with Gasteiger partial charge in [0.15, 0.2) is 0 Å². The Hall–Kier alpha value is -1.55. The van der Waals surface area contributed by atoms with E-state index in [2.05, 4.69) is 5.32 Å². The molecule has 0 amide bonds. The third kappa shape index (κ3) is 2.58. The van der Waals surface area contributed by atoms with Crippen LogP contribution in [-0.2, 0) is 16.0 Å². The molecule has 92 valence electrons. The SMILES string of the molecule is CCOC(=O)C[C@@H]1NCCc2c(O)cccc21. The zero-order valence-electron chi connectivity index (χ0n) is 9.90. The first-order valence-electron chi connectivity index (χ1n) is 5.92. The lowest BCUT2D eigenvalue weighted by molar-refractivity contribution is -0.143. The van der Waals surface area contributed by atoms with E-state index in [0.717, 1.165) is 24.1 Å². The van der Waals surface area contributed by atoms with E-state index in [-0.39, 0.29) is 12.0 Å². The zero-order valence-corrected chi connectivity index (χ0v) is 9.90. The molecule has 0 saturated carbocycles. The van der Waals surface area contributed by atoms with Gasteiger partial charge < -0.3 is 15.2 Å². The van der Waals surface area contributed by atoms with Crippen molar-refractivity contribution in [3.05, 3.63) is 29.3 Å². The van der Waals surface area contributed by atoms with Crippen LogP contribution in [-0.4, -0.2) is 24.2 Å². The third-order valence-corrected chi connectivity index (χ3v) is 3.00. The molecule has 1 atom stereocenters. The summed E-state index contributed by atoms with van der Waals surface area (Å²) >= 11 is 0. The van der Waals surface area contributed by atoms with Crippen molar-refractivity contribution in [3.8, 4) is 5.75 Å². The Kier molecular flexibility index (Phi) is 3.64. The lowest BCUT2D eigenvalue weighted by Crippen LogP contribution is -2.31. The number of phenols is 1. The molecule has 1 aliphatic rings. The van der Waals surface area contributed by atoms with Gasteiger partial charge in [-0.15, -0.1) is 0 Å². The molecule has 0 radical (unpaired) electrons. The van der Waals surface area contributed by atoms with Gasteiger partial charge in [-0.25, -0.2) is 0 Å². The third-order valence-electron chi connectivity index (χ3n) is 3.00. The van der Waals surface area contributed by atoms with Crippen molar-refractivity contribution in [3.63, 3.8) is 0 Å². The van der Waals surface area contributed by atoms with Crippen LogP contribution in [0.3, 0.4) is 0 Å². The van der Waals surface area contributed by atoms with E-state index in [0.29, 0.717) is 18.8 Å². The van der Waals surface area contributed by atoms with E-state index in [1.54, 1.807) is 19.1 Å². The van der Waals surface area contributed by atoms with Gasteiger partial charge in [-0.2, -0.15) is 0 Å². The van der Waals surface area contributed by atoms with E-state index >= 15 is 0 Å². The molecule has 4 heteroatoms. The normalized spacial score (nSPS) is 18.5. The van der Waals surface area contributed by atoms with E-state index in [1.165, 1.54) is 0 Å². The monoisotopic (exact) mass is 235 g/mol. The quantitative estimate of drug-likeness (QED) is 0.780. The minimum atomic E-state index is -0.207. The van der Waals surface area contributed by atoms with Gasteiger partial charge in [0.2, 0.25) is 0 Å². The first-order valence-corrected chi connectivity index (χ1v) is 5.92. The summed E-state index contributed by atoms with van der Waals surface area (Å²) in [6.07, 6.45) is 1.10. The highest BCUT2D eigenvalue weighted by molar-refractivity contribution is 5.70. The topological polar surface area (TPSA) is 58.6 Å². The molecule has 1 aliphatic heterocycles. The number of carbonyl (C=O) groups is 1. The molecular formula is C13H17NO3. The highest BCUT2D eigenvalue weighted by atomic mass is 16.5.